The Labute approximate surface area is 115 Å². The Balaban J connectivity index is 2.18. The van der Waals surface area contributed by atoms with Crippen molar-refractivity contribution in [1.29, 1.82) is 5.26 Å². The van der Waals surface area contributed by atoms with Gasteiger partial charge in [-0.15, -0.1) is 11.3 Å². The fourth-order valence-corrected chi connectivity index (χ4v) is 2.74. The summed E-state index contributed by atoms with van der Waals surface area (Å²) in [5.41, 5.74) is -0.463. The molecule has 2 rings (SSSR count). The van der Waals surface area contributed by atoms with Crippen molar-refractivity contribution in [2.24, 2.45) is 0 Å². The van der Waals surface area contributed by atoms with Gasteiger partial charge in [0, 0.05) is 11.9 Å². The largest absolute Gasteiger partial charge is 0.481 e. The molecule has 1 fully saturated rings. The SMILES string of the molecule is CC(C)(C(=O)O)c1csc(N2CCOC(C#N)C2)n1. The van der Waals surface area contributed by atoms with Crippen molar-refractivity contribution in [3.8, 4) is 6.07 Å². The van der Waals surface area contributed by atoms with Gasteiger partial charge in [-0.25, -0.2) is 4.98 Å². The molecule has 1 saturated heterocycles. The Kier molecular flexibility index (Phi) is 3.73. The Hall–Kier alpha value is -1.65. The number of morpholine rings is 1. The lowest BCUT2D eigenvalue weighted by molar-refractivity contribution is -0.142. The van der Waals surface area contributed by atoms with Gasteiger partial charge in [0.05, 0.1) is 24.9 Å². The molecule has 0 amide bonds. The maximum atomic E-state index is 11.2. The zero-order valence-corrected chi connectivity index (χ0v) is 11.6. The lowest BCUT2D eigenvalue weighted by atomic mass is 9.90. The molecule has 7 heteroatoms. The third-order valence-corrected chi connectivity index (χ3v) is 4.05. The van der Waals surface area contributed by atoms with Crippen LogP contribution in [0.3, 0.4) is 0 Å². The number of carbonyl (C=O) groups is 1. The minimum atomic E-state index is -1.00. The molecule has 102 valence electrons. The molecular weight excluding hydrogens is 266 g/mol. The molecule has 1 aromatic heterocycles. The van der Waals surface area contributed by atoms with Crippen LogP contribution in [0, 0.1) is 11.3 Å². The molecule has 0 aliphatic carbocycles. The zero-order chi connectivity index (χ0) is 14.0. The lowest BCUT2D eigenvalue weighted by Crippen LogP contribution is -2.42. The molecule has 0 aromatic carbocycles. The van der Waals surface area contributed by atoms with E-state index in [0.717, 1.165) is 5.13 Å². The van der Waals surface area contributed by atoms with Crippen LogP contribution in [0.4, 0.5) is 5.13 Å². The third kappa shape index (κ3) is 2.69. The number of hydrogen-bond donors (Lipinski definition) is 1. The summed E-state index contributed by atoms with van der Waals surface area (Å²) in [6.45, 7) is 4.88. The van der Waals surface area contributed by atoms with Crippen LogP contribution in [0.5, 0.6) is 0 Å². The molecule has 1 N–H and O–H groups in total. The topological polar surface area (TPSA) is 86.5 Å². The van der Waals surface area contributed by atoms with Gasteiger partial charge in [0.15, 0.2) is 11.2 Å². The Morgan fingerprint density at radius 2 is 2.47 bits per heavy atom. The monoisotopic (exact) mass is 281 g/mol. The second-order valence-electron chi connectivity index (χ2n) is 4.88. The molecule has 1 atom stereocenters. The summed E-state index contributed by atoms with van der Waals surface area (Å²) in [7, 11) is 0. The molecule has 1 aromatic rings. The van der Waals surface area contributed by atoms with Gasteiger partial charge in [0.25, 0.3) is 0 Å². The van der Waals surface area contributed by atoms with Crippen LogP contribution in [0.15, 0.2) is 5.38 Å². The highest BCUT2D eigenvalue weighted by Crippen LogP contribution is 2.30. The van der Waals surface area contributed by atoms with Crippen LogP contribution in [-0.4, -0.2) is 41.9 Å². The third-order valence-electron chi connectivity index (χ3n) is 3.15. The molecule has 0 bridgehead atoms. The first kappa shape index (κ1) is 13.8. The molecule has 1 unspecified atom stereocenters. The fraction of sp³-hybridized carbons (Fsp3) is 0.583. The van der Waals surface area contributed by atoms with E-state index in [4.69, 9.17) is 10.00 Å². The zero-order valence-electron chi connectivity index (χ0n) is 10.8. The van der Waals surface area contributed by atoms with Gasteiger partial charge >= 0.3 is 5.97 Å². The van der Waals surface area contributed by atoms with Crippen LogP contribution in [0.2, 0.25) is 0 Å². The van der Waals surface area contributed by atoms with Gasteiger partial charge in [-0.05, 0) is 13.8 Å². The van der Waals surface area contributed by atoms with E-state index >= 15 is 0 Å². The van der Waals surface area contributed by atoms with Crippen molar-refractivity contribution < 1.29 is 14.6 Å². The molecule has 19 heavy (non-hydrogen) atoms. The standard InChI is InChI=1S/C12H15N3O3S/c1-12(2,10(16)17)9-7-19-11(14-9)15-3-4-18-8(5-13)6-15/h7-8H,3-4,6H2,1-2H3,(H,16,17). The number of rotatable bonds is 3. The van der Waals surface area contributed by atoms with Crippen molar-refractivity contribution in [2.75, 3.05) is 24.6 Å². The molecule has 1 aliphatic rings. The average Bonchev–Trinajstić information content (AvgIpc) is 2.89. The van der Waals surface area contributed by atoms with Crippen molar-refractivity contribution in [1.82, 2.24) is 4.98 Å². The number of nitrogens with zero attached hydrogens (tertiary/aromatic N) is 3. The maximum absolute atomic E-state index is 11.2. The smallest absolute Gasteiger partial charge is 0.315 e. The number of anilines is 1. The Bertz CT molecular complexity index is 521. The Morgan fingerprint density at radius 1 is 1.74 bits per heavy atom. The van der Waals surface area contributed by atoms with E-state index in [1.165, 1.54) is 11.3 Å². The number of ether oxygens (including phenoxy) is 1. The first-order valence-electron chi connectivity index (χ1n) is 5.90. The van der Waals surface area contributed by atoms with Crippen LogP contribution < -0.4 is 4.90 Å². The summed E-state index contributed by atoms with van der Waals surface area (Å²) in [5.74, 6) is -0.902. The number of aliphatic carboxylic acids is 1. The molecule has 0 radical (unpaired) electrons. The normalized spacial score (nSPS) is 20.1. The van der Waals surface area contributed by atoms with E-state index in [1.807, 2.05) is 4.90 Å². The first-order chi connectivity index (χ1) is 8.95. The van der Waals surface area contributed by atoms with Gasteiger partial charge in [0.1, 0.15) is 5.41 Å². The van der Waals surface area contributed by atoms with Crippen molar-refractivity contribution in [3.63, 3.8) is 0 Å². The average molecular weight is 281 g/mol. The number of carboxylic acid groups (broad SMARTS) is 1. The minimum absolute atomic E-state index is 0.450. The number of carboxylic acids is 1. The quantitative estimate of drug-likeness (QED) is 0.897. The van der Waals surface area contributed by atoms with Gasteiger partial charge in [0.2, 0.25) is 0 Å². The summed E-state index contributed by atoms with van der Waals surface area (Å²) >= 11 is 1.40. The van der Waals surface area contributed by atoms with Gasteiger partial charge < -0.3 is 14.7 Å². The van der Waals surface area contributed by atoms with Gasteiger partial charge in [-0.1, -0.05) is 0 Å². The maximum Gasteiger partial charge on any atom is 0.315 e. The first-order valence-corrected chi connectivity index (χ1v) is 6.78. The minimum Gasteiger partial charge on any atom is -0.481 e. The Morgan fingerprint density at radius 3 is 3.11 bits per heavy atom. The van der Waals surface area contributed by atoms with Crippen LogP contribution in [-0.2, 0) is 14.9 Å². The molecule has 1 aliphatic heterocycles. The second kappa shape index (κ2) is 5.15. The summed E-state index contributed by atoms with van der Waals surface area (Å²) in [6.07, 6.45) is -0.450. The molecule has 6 nitrogen and oxygen atoms in total. The summed E-state index contributed by atoms with van der Waals surface area (Å²) in [6, 6.07) is 2.08. The van der Waals surface area contributed by atoms with E-state index in [2.05, 4.69) is 11.1 Å². The number of nitriles is 1. The van der Waals surface area contributed by atoms with Crippen molar-refractivity contribution >= 4 is 22.4 Å². The second-order valence-corrected chi connectivity index (χ2v) is 5.72. The number of thiazole rings is 1. The summed E-state index contributed by atoms with van der Waals surface area (Å²) < 4.78 is 5.27. The number of aromatic nitrogens is 1. The molecule has 0 saturated carbocycles. The van der Waals surface area contributed by atoms with Crippen molar-refractivity contribution in [2.45, 2.75) is 25.4 Å². The summed E-state index contributed by atoms with van der Waals surface area (Å²) in [5, 5.41) is 20.6. The highest BCUT2D eigenvalue weighted by Gasteiger charge is 2.33. The van der Waals surface area contributed by atoms with E-state index in [9.17, 15) is 9.90 Å². The predicted molar refractivity (Wildman–Crippen MR) is 70.3 cm³/mol. The van der Waals surface area contributed by atoms with E-state index in [0.29, 0.717) is 25.4 Å². The van der Waals surface area contributed by atoms with E-state index in [-0.39, 0.29) is 0 Å². The lowest BCUT2D eigenvalue weighted by Gasteiger charge is -2.29. The van der Waals surface area contributed by atoms with Crippen LogP contribution in [0.25, 0.3) is 0 Å². The molecule has 2 heterocycles. The van der Waals surface area contributed by atoms with E-state index < -0.39 is 17.5 Å². The van der Waals surface area contributed by atoms with Crippen LogP contribution in [0.1, 0.15) is 19.5 Å². The predicted octanol–water partition coefficient (Wildman–Crippen LogP) is 1.23. The van der Waals surface area contributed by atoms with E-state index in [1.54, 1.807) is 19.2 Å². The fourth-order valence-electron chi connectivity index (χ4n) is 1.71. The van der Waals surface area contributed by atoms with Gasteiger partial charge in [-0.3, -0.25) is 4.79 Å². The van der Waals surface area contributed by atoms with Gasteiger partial charge in [-0.2, -0.15) is 5.26 Å². The highest BCUT2D eigenvalue weighted by molar-refractivity contribution is 7.13. The van der Waals surface area contributed by atoms with Crippen molar-refractivity contribution in [3.05, 3.63) is 11.1 Å². The molecular formula is C12H15N3O3S. The highest BCUT2D eigenvalue weighted by atomic mass is 32.1. The number of hydrogen-bond acceptors (Lipinski definition) is 6. The van der Waals surface area contributed by atoms with Crippen LogP contribution >= 0.6 is 11.3 Å². The summed E-state index contributed by atoms with van der Waals surface area (Å²) in [4.78, 5) is 17.5. The molecule has 0 spiro atoms.